The van der Waals surface area contributed by atoms with Crippen LogP contribution >= 0.6 is 0 Å². The fourth-order valence-corrected chi connectivity index (χ4v) is 1.72. The monoisotopic (exact) mass is 168 g/mol. The van der Waals surface area contributed by atoms with Crippen molar-refractivity contribution in [1.29, 1.82) is 0 Å². The van der Waals surface area contributed by atoms with Crippen molar-refractivity contribution in [3.63, 3.8) is 0 Å². The Kier molecular flexibility index (Phi) is 4.12. The summed E-state index contributed by atoms with van der Waals surface area (Å²) >= 11 is 0. The highest BCUT2D eigenvalue weighted by Gasteiger charge is 2.17. The number of nitrogens with zero attached hydrogens (tertiary/aromatic N) is 1. The minimum atomic E-state index is 0.613. The van der Waals surface area contributed by atoms with Crippen molar-refractivity contribution in [3.05, 3.63) is 0 Å². The fraction of sp³-hybridized carbons (Fsp3) is 0.900. The maximum atomic E-state index is 5.87. The van der Waals surface area contributed by atoms with E-state index in [1.807, 2.05) is 0 Å². The van der Waals surface area contributed by atoms with Gasteiger partial charge in [0.1, 0.15) is 0 Å². The molecule has 0 saturated heterocycles. The van der Waals surface area contributed by atoms with E-state index in [1.54, 1.807) is 0 Å². The number of hydrogen-bond donors (Lipinski definition) is 1. The zero-order valence-corrected chi connectivity index (χ0v) is 8.05. The quantitative estimate of drug-likeness (QED) is 0.390. The Morgan fingerprint density at radius 2 is 2.08 bits per heavy atom. The van der Waals surface area contributed by atoms with Crippen LogP contribution in [0.3, 0.4) is 0 Å². The van der Waals surface area contributed by atoms with Crippen LogP contribution in [0, 0.1) is 5.92 Å². The molecule has 0 aromatic carbocycles. The minimum Gasteiger partial charge on any atom is -0.387 e. The molecule has 0 aromatic heterocycles. The van der Waals surface area contributed by atoms with E-state index in [4.69, 9.17) is 5.73 Å². The SMILES string of the molecule is CCCCN=C(N)C1CCCC1. The first-order chi connectivity index (χ1) is 5.84. The van der Waals surface area contributed by atoms with Crippen molar-refractivity contribution in [1.82, 2.24) is 0 Å². The first-order valence-electron chi connectivity index (χ1n) is 5.14. The molecule has 2 nitrogen and oxygen atoms in total. The van der Waals surface area contributed by atoms with Crippen LogP contribution in [-0.2, 0) is 0 Å². The van der Waals surface area contributed by atoms with Gasteiger partial charge in [0.05, 0.1) is 5.84 Å². The number of hydrogen-bond acceptors (Lipinski definition) is 1. The average molecular weight is 168 g/mol. The molecule has 70 valence electrons. The molecule has 1 fully saturated rings. The van der Waals surface area contributed by atoms with E-state index >= 15 is 0 Å². The smallest absolute Gasteiger partial charge is 0.0968 e. The van der Waals surface area contributed by atoms with Crippen LogP contribution in [0.2, 0.25) is 0 Å². The molecule has 1 aliphatic carbocycles. The van der Waals surface area contributed by atoms with Crippen molar-refractivity contribution in [2.45, 2.75) is 45.4 Å². The van der Waals surface area contributed by atoms with E-state index in [1.165, 1.54) is 38.5 Å². The molecule has 12 heavy (non-hydrogen) atoms. The van der Waals surface area contributed by atoms with Gasteiger partial charge in [-0.25, -0.2) is 0 Å². The van der Waals surface area contributed by atoms with Crippen LogP contribution in [0.25, 0.3) is 0 Å². The first-order valence-corrected chi connectivity index (χ1v) is 5.14. The Morgan fingerprint density at radius 3 is 2.67 bits per heavy atom. The molecule has 1 rings (SSSR count). The standard InChI is InChI=1S/C10H20N2/c1-2-3-8-12-10(11)9-6-4-5-7-9/h9H,2-8H2,1H3,(H2,11,12). The number of aliphatic imine (C=N–C) groups is 1. The van der Waals surface area contributed by atoms with E-state index in [0.717, 1.165) is 12.4 Å². The Hall–Kier alpha value is -0.530. The van der Waals surface area contributed by atoms with Crippen LogP contribution < -0.4 is 5.73 Å². The third-order valence-corrected chi connectivity index (χ3v) is 2.58. The molecule has 1 saturated carbocycles. The lowest BCUT2D eigenvalue weighted by molar-refractivity contribution is 0.709. The predicted octanol–water partition coefficient (Wildman–Crippen LogP) is 2.33. The van der Waals surface area contributed by atoms with Gasteiger partial charge in [0.15, 0.2) is 0 Å². The fourth-order valence-electron chi connectivity index (χ4n) is 1.72. The van der Waals surface area contributed by atoms with Crippen molar-refractivity contribution < 1.29 is 0 Å². The van der Waals surface area contributed by atoms with Gasteiger partial charge < -0.3 is 5.73 Å². The Balaban J connectivity index is 2.24. The number of nitrogens with two attached hydrogens (primary N) is 1. The molecule has 0 spiro atoms. The average Bonchev–Trinajstić information content (AvgIpc) is 2.56. The Morgan fingerprint density at radius 1 is 1.42 bits per heavy atom. The molecule has 0 heterocycles. The second-order valence-corrected chi connectivity index (χ2v) is 3.64. The zero-order chi connectivity index (χ0) is 8.81. The van der Waals surface area contributed by atoms with Gasteiger partial charge in [-0.15, -0.1) is 0 Å². The van der Waals surface area contributed by atoms with Gasteiger partial charge in [0.2, 0.25) is 0 Å². The first kappa shape index (κ1) is 9.56. The third kappa shape index (κ3) is 2.84. The maximum Gasteiger partial charge on any atom is 0.0968 e. The summed E-state index contributed by atoms with van der Waals surface area (Å²) in [4.78, 5) is 4.39. The van der Waals surface area contributed by atoms with E-state index in [2.05, 4.69) is 11.9 Å². The normalized spacial score (nSPS) is 20.2. The van der Waals surface area contributed by atoms with E-state index in [0.29, 0.717) is 5.92 Å². The van der Waals surface area contributed by atoms with E-state index < -0.39 is 0 Å². The summed E-state index contributed by atoms with van der Waals surface area (Å²) in [5.74, 6) is 1.53. The summed E-state index contributed by atoms with van der Waals surface area (Å²) in [5, 5.41) is 0. The second-order valence-electron chi connectivity index (χ2n) is 3.64. The highest BCUT2D eigenvalue weighted by atomic mass is 14.9. The lowest BCUT2D eigenvalue weighted by Gasteiger charge is -2.07. The maximum absolute atomic E-state index is 5.87. The van der Waals surface area contributed by atoms with Crippen molar-refractivity contribution in [3.8, 4) is 0 Å². The third-order valence-electron chi connectivity index (χ3n) is 2.58. The molecule has 2 N–H and O–H groups in total. The lowest BCUT2D eigenvalue weighted by atomic mass is 10.1. The van der Waals surface area contributed by atoms with Crippen LogP contribution in [0.5, 0.6) is 0 Å². The van der Waals surface area contributed by atoms with Crippen LogP contribution in [0.15, 0.2) is 4.99 Å². The number of rotatable bonds is 4. The summed E-state index contributed by atoms with van der Waals surface area (Å²) in [6.45, 7) is 3.11. The highest BCUT2D eigenvalue weighted by Crippen LogP contribution is 2.24. The number of amidine groups is 1. The summed E-state index contributed by atoms with van der Waals surface area (Å²) in [5.41, 5.74) is 5.87. The van der Waals surface area contributed by atoms with Gasteiger partial charge in [-0.3, -0.25) is 4.99 Å². The highest BCUT2D eigenvalue weighted by molar-refractivity contribution is 5.83. The van der Waals surface area contributed by atoms with Gasteiger partial charge >= 0.3 is 0 Å². The molecule has 0 atom stereocenters. The van der Waals surface area contributed by atoms with Gasteiger partial charge in [-0.2, -0.15) is 0 Å². The van der Waals surface area contributed by atoms with Gasteiger partial charge in [0, 0.05) is 12.5 Å². The second kappa shape index (κ2) is 5.18. The van der Waals surface area contributed by atoms with E-state index in [9.17, 15) is 0 Å². The van der Waals surface area contributed by atoms with Crippen LogP contribution in [0.1, 0.15) is 45.4 Å². The zero-order valence-electron chi connectivity index (χ0n) is 8.05. The predicted molar refractivity (Wildman–Crippen MR) is 53.4 cm³/mol. The lowest BCUT2D eigenvalue weighted by Crippen LogP contribution is -2.21. The largest absolute Gasteiger partial charge is 0.387 e. The van der Waals surface area contributed by atoms with Crippen molar-refractivity contribution in [2.75, 3.05) is 6.54 Å². The Labute approximate surface area is 75.3 Å². The van der Waals surface area contributed by atoms with Gasteiger partial charge in [0.25, 0.3) is 0 Å². The molecule has 0 unspecified atom stereocenters. The molecule has 0 aliphatic heterocycles. The van der Waals surface area contributed by atoms with E-state index in [-0.39, 0.29) is 0 Å². The molecule has 1 aliphatic rings. The minimum absolute atomic E-state index is 0.613. The van der Waals surface area contributed by atoms with Crippen LogP contribution in [-0.4, -0.2) is 12.4 Å². The molecule has 0 radical (unpaired) electrons. The molecule has 0 aromatic rings. The van der Waals surface area contributed by atoms with Gasteiger partial charge in [-0.1, -0.05) is 26.2 Å². The molecule has 0 bridgehead atoms. The van der Waals surface area contributed by atoms with Crippen LogP contribution in [0.4, 0.5) is 0 Å². The van der Waals surface area contributed by atoms with Crippen molar-refractivity contribution in [2.24, 2.45) is 16.6 Å². The topological polar surface area (TPSA) is 38.4 Å². The molecule has 2 heteroatoms. The molecule has 0 amide bonds. The Bertz CT molecular complexity index is 146. The summed E-state index contributed by atoms with van der Waals surface area (Å²) < 4.78 is 0. The molecular formula is C10H20N2. The number of unbranched alkanes of at least 4 members (excludes halogenated alkanes) is 1. The summed E-state index contributed by atoms with van der Waals surface area (Å²) in [7, 11) is 0. The molecular weight excluding hydrogens is 148 g/mol. The van der Waals surface area contributed by atoms with Crippen molar-refractivity contribution >= 4 is 5.84 Å². The van der Waals surface area contributed by atoms with Gasteiger partial charge in [-0.05, 0) is 19.3 Å². The summed E-state index contributed by atoms with van der Waals surface area (Å²) in [6, 6.07) is 0. The summed E-state index contributed by atoms with van der Waals surface area (Å²) in [6.07, 6.45) is 7.60.